The second kappa shape index (κ2) is 7.06. The van der Waals surface area contributed by atoms with Crippen LogP contribution in [-0.2, 0) is 16.7 Å². The highest BCUT2D eigenvalue weighted by Crippen LogP contribution is 2.47. The summed E-state index contributed by atoms with van der Waals surface area (Å²) < 4.78 is 33.4. The van der Waals surface area contributed by atoms with Crippen LogP contribution in [0, 0.1) is 0 Å². The lowest BCUT2D eigenvalue weighted by molar-refractivity contribution is 0.0976. The summed E-state index contributed by atoms with van der Waals surface area (Å²) in [7, 11) is -5.15. The van der Waals surface area contributed by atoms with Crippen LogP contribution in [0.5, 0.6) is 11.5 Å². The molecule has 0 radical (unpaired) electrons. The van der Waals surface area contributed by atoms with Gasteiger partial charge in [-0.05, 0) is 0 Å². The molecule has 0 amide bonds. The molecule has 0 aliphatic heterocycles. The summed E-state index contributed by atoms with van der Waals surface area (Å²) in [6, 6.07) is 5.79. The Balaban J connectivity index is 1.99. The first-order valence-corrected chi connectivity index (χ1v) is 10.9. The topological polar surface area (TPSA) is 154 Å². The van der Waals surface area contributed by atoms with Crippen molar-refractivity contribution >= 4 is 50.3 Å². The number of halogens is 1. The van der Waals surface area contributed by atoms with E-state index in [1.54, 1.807) is 0 Å². The first kappa shape index (κ1) is 20.3. The minimum absolute atomic E-state index is 0.0253. The largest absolute Gasteiger partial charge is 0.506 e. The Morgan fingerprint density at radius 3 is 2.17 bits per heavy atom. The van der Waals surface area contributed by atoms with E-state index >= 15 is 0 Å². The Morgan fingerprint density at radius 1 is 1.03 bits per heavy atom. The van der Waals surface area contributed by atoms with Gasteiger partial charge in [-0.25, -0.2) is 4.98 Å². The number of hydrogen-bond acceptors (Lipinski definition) is 9. The third-order valence-corrected chi connectivity index (χ3v) is 6.51. The van der Waals surface area contributed by atoms with E-state index in [4.69, 9.17) is 11.6 Å². The van der Waals surface area contributed by atoms with Crippen LogP contribution in [0.15, 0.2) is 35.4 Å². The summed E-state index contributed by atoms with van der Waals surface area (Å²) in [6.45, 7) is -0.0385. The lowest BCUT2D eigenvalue weighted by Gasteiger charge is -2.24. The Hall–Kier alpha value is -2.99. The standard InChI is InChI=1S/C18H11ClN2O7S2/c19-18-21-6-7(29-18)5-20-12-10-11(15(24)17(16(12)25)30(26,27)28)14(23)9-4-2-1-3-8(9)13(10)22/h1-4,6,20,24-25H,5H2,(H,26,27,28). The Labute approximate surface area is 178 Å². The number of fused-ring (bicyclic) bond motifs is 2. The summed E-state index contributed by atoms with van der Waals surface area (Å²) in [5, 5.41) is 23.7. The zero-order chi connectivity index (χ0) is 21.8. The third kappa shape index (κ3) is 3.12. The van der Waals surface area contributed by atoms with Gasteiger partial charge in [-0.15, -0.1) is 11.3 Å². The Morgan fingerprint density at radius 2 is 1.63 bits per heavy atom. The van der Waals surface area contributed by atoms with Gasteiger partial charge in [0.15, 0.2) is 32.4 Å². The highest BCUT2D eigenvalue weighted by atomic mass is 35.5. The summed E-state index contributed by atoms with van der Waals surface area (Å²) in [6.07, 6.45) is 1.43. The Bertz CT molecular complexity index is 1350. The number of aromatic hydroxyl groups is 2. The number of nitrogens with zero attached hydrogens (tertiary/aromatic N) is 1. The zero-order valence-electron chi connectivity index (χ0n) is 14.7. The van der Waals surface area contributed by atoms with E-state index in [-0.39, 0.29) is 22.1 Å². The minimum atomic E-state index is -5.15. The van der Waals surface area contributed by atoms with Gasteiger partial charge in [0.25, 0.3) is 0 Å². The monoisotopic (exact) mass is 466 g/mol. The van der Waals surface area contributed by atoms with Crippen molar-refractivity contribution in [3.63, 3.8) is 0 Å². The van der Waals surface area contributed by atoms with Crippen molar-refractivity contribution in [3.05, 3.63) is 62.1 Å². The molecule has 1 heterocycles. The van der Waals surface area contributed by atoms with Gasteiger partial charge < -0.3 is 15.5 Å². The van der Waals surface area contributed by atoms with E-state index in [1.165, 1.54) is 30.5 Å². The number of anilines is 1. The number of rotatable bonds is 4. The average Bonchev–Trinajstić information content (AvgIpc) is 3.09. The maximum atomic E-state index is 13.1. The minimum Gasteiger partial charge on any atom is -0.506 e. The number of nitrogens with one attached hydrogen (secondary N) is 1. The molecule has 0 spiro atoms. The van der Waals surface area contributed by atoms with E-state index in [2.05, 4.69) is 10.3 Å². The number of aromatic nitrogens is 1. The van der Waals surface area contributed by atoms with Crippen molar-refractivity contribution in [2.24, 2.45) is 0 Å². The number of phenolic OH excluding ortho intramolecular Hbond substituents is 2. The van der Waals surface area contributed by atoms with E-state index in [9.17, 15) is 32.8 Å². The normalized spacial score (nSPS) is 13.1. The van der Waals surface area contributed by atoms with Crippen LogP contribution in [0.4, 0.5) is 5.69 Å². The molecule has 2 aromatic carbocycles. The number of phenols is 2. The highest BCUT2D eigenvalue weighted by Gasteiger charge is 2.40. The van der Waals surface area contributed by atoms with Gasteiger partial charge in [-0.1, -0.05) is 35.9 Å². The molecule has 4 rings (SSSR count). The maximum absolute atomic E-state index is 13.1. The summed E-state index contributed by atoms with van der Waals surface area (Å²) in [5.74, 6) is -3.84. The molecule has 4 N–H and O–H groups in total. The Kier molecular flexibility index (Phi) is 4.77. The van der Waals surface area contributed by atoms with Crippen molar-refractivity contribution in [3.8, 4) is 11.5 Å². The van der Waals surface area contributed by atoms with Gasteiger partial charge in [0, 0.05) is 22.2 Å². The SMILES string of the molecule is O=C1c2ccccc2C(=O)c2c(NCc3cnc(Cl)s3)c(O)c(S(=O)(=O)O)c(O)c21. The van der Waals surface area contributed by atoms with Crippen molar-refractivity contribution < 1.29 is 32.8 Å². The molecule has 9 nitrogen and oxygen atoms in total. The van der Waals surface area contributed by atoms with Crippen LogP contribution >= 0.6 is 22.9 Å². The first-order chi connectivity index (χ1) is 14.1. The molecule has 1 aromatic heterocycles. The predicted molar refractivity (Wildman–Crippen MR) is 107 cm³/mol. The first-order valence-electron chi connectivity index (χ1n) is 8.23. The summed E-state index contributed by atoms with van der Waals surface area (Å²) in [4.78, 5) is 29.2. The molecule has 0 atom stereocenters. The molecule has 0 fully saturated rings. The van der Waals surface area contributed by atoms with Crippen molar-refractivity contribution in [2.75, 3.05) is 5.32 Å². The fourth-order valence-electron chi connectivity index (χ4n) is 3.25. The van der Waals surface area contributed by atoms with Gasteiger partial charge in [0.1, 0.15) is 0 Å². The maximum Gasteiger partial charge on any atom is 0.302 e. The van der Waals surface area contributed by atoms with Crippen LogP contribution in [-0.4, -0.2) is 39.7 Å². The van der Waals surface area contributed by atoms with Gasteiger partial charge in [0.2, 0.25) is 0 Å². The fourth-order valence-corrected chi connectivity index (χ4v) is 4.87. The van der Waals surface area contributed by atoms with Crippen LogP contribution < -0.4 is 5.32 Å². The van der Waals surface area contributed by atoms with Crippen LogP contribution in [0.1, 0.15) is 36.7 Å². The second-order valence-electron chi connectivity index (χ2n) is 6.26. The molecule has 12 heteroatoms. The van der Waals surface area contributed by atoms with E-state index < -0.39 is 54.9 Å². The van der Waals surface area contributed by atoms with Crippen molar-refractivity contribution in [2.45, 2.75) is 11.4 Å². The molecular weight excluding hydrogens is 456 g/mol. The molecule has 0 unspecified atom stereocenters. The van der Waals surface area contributed by atoms with Gasteiger partial charge in [0.05, 0.1) is 23.4 Å². The molecule has 0 saturated heterocycles. The zero-order valence-corrected chi connectivity index (χ0v) is 17.1. The van der Waals surface area contributed by atoms with Crippen molar-refractivity contribution in [1.82, 2.24) is 4.98 Å². The molecular formula is C18H11ClN2O7S2. The van der Waals surface area contributed by atoms with E-state index in [1.807, 2.05) is 0 Å². The van der Waals surface area contributed by atoms with Crippen molar-refractivity contribution in [1.29, 1.82) is 0 Å². The van der Waals surface area contributed by atoms with Crippen LogP contribution in [0.25, 0.3) is 0 Å². The number of carbonyl (C=O) groups excluding carboxylic acids is 2. The molecule has 30 heavy (non-hydrogen) atoms. The molecule has 1 aliphatic rings. The number of thiazole rings is 1. The number of benzene rings is 2. The summed E-state index contributed by atoms with van der Waals surface area (Å²) in [5.41, 5.74) is -1.48. The number of ketones is 2. The molecule has 0 saturated carbocycles. The molecule has 3 aromatic rings. The van der Waals surface area contributed by atoms with E-state index in [0.717, 1.165) is 11.3 Å². The number of carbonyl (C=O) groups is 2. The summed E-state index contributed by atoms with van der Waals surface area (Å²) >= 11 is 6.87. The van der Waals surface area contributed by atoms with Gasteiger partial charge in [-0.3, -0.25) is 14.1 Å². The molecule has 154 valence electrons. The third-order valence-electron chi connectivity index (χ3n) is 4.50. The predicted octanol–water partition coefficient (Wildman–Crippen LogP) is 2.84. The molecule has 0 bridgehead atoms. The van der Waals surface area contributed by atoms with Crippen LogP contribution in [0.3, 0.4) is 0 Å². The average molecular weight is 467 g/mol. The molecule has 1 aliphatic carbocycles. The lowest BCUT2D eigenvalue weighted by atomic mass is 9.82. The van der Waals surface area contributed by atoms with Gasteiger partial charge >= 0.3 is 10.1 Å². The van der Waals surface area contributed by atoms with Gasteiger partial charge in [-0.2, -0.15) is 8.42 Å². The smallest absolute Gasteiger partial charge is 0.302 e. The fraction of sp³-hybridized carbons (Fsp3) is 0.0556. The number of hydrogen-bond donors (Lipinski definition) is 4. The lowest BCUT2D eigenvalue weighted by Crippen LogP contribution is -2.24. The highest BCUT2D eigenvalue weighted by molar-refractivity contribution is 7.86. The quantitative estimate of drug-likeness (QED) is 0.202. The second-order valence-corrected chi connectivity index (χ2v) is 9.32. The van der Waals surface area contributed by atoms with E-state index in [0.29, 0.717) is 4.88 Å². The van der Waals surface area contributed by atoms with Crippen LogP contribution in [0.2, 0.25) is 4.47 Å².